The average molecular weight is 334 g/mol. The predicted octanol–water partition coefficient (Wildman–Crippen LogP) is 4.26. The highest BCUT2D eigenvalue weighted by atomic mass is 19.3. The van der Waals surface area contributed by atoms with E-state index in [-0.39, 0.29) is 17.1 Å². The summed E-state index contributed by atoms with van der Waals surface area (Å²) in [6.45, 7) is -2.90. The van der Waals surface area contributed by atoms with Gasteiger partial charge in [0, 0.05) is 11.0 Å². The van der Waals surface area contributed by atoms with Crippen LogP contribution in [0.5, 0.6) is 5.75 Å². The van der Waals surface area contributed by atoms with Gasteiger partial charge in [0.1, 0.15) is 5.75 Å². The smallest absolute Gasteiger partial charge is 0.387 e. The first-order valence-electron chi connectivity index (χ1n) is 8.59. The molecule has 1 aromatic rings. The molecule has 0 aliphatic heterocycles. The van der Waals surface area contributed by atoms with Crippen LogP contribution >= 0.6 is 0 Å². The van der Waals surface area contributed by atoms with Gasteiger partial charge in [0.25, 0.3) is 0 Å². The largest absolute Gasteiger partial charge is 0.435 e. The first-order valence-corrected chi connectivity index (χ1v) is 8.59. The lowest BCUT2D eigenvalue weighted by Crippen LogP contribution is -2.51. The molecular formula is C19H20F2O3. The minimum Gasteiger partial charge on any atom is -0.435 e. The summed E-state index contributed by atoms with van der Waals surface area (Å²) in [6, 6.07) is 5.43. The number of benzene rings is 1. The molecule has 0 atom stereocenters. The Balaban J connectivity index is 1.53. The summed E-state index contributed by atoms with van der Waals surface area (Å²) < 4.78 is 28.7. The van der Waals surface area contributed by atoms with E-state index in [2.05, 4.69) is 4.74 Å². The van der Waals surface area contributed by atoms with Crippen LogP contribution in [0.25, 0.3) is 0 Å². The minimum atomic E-state index is -2.90. The lowest BCUT2D eigenvalue weighted by Gasteiger charge is -2.55. The van der Waals surface area contributed by atoms with Gasteiger partial charge in [-0.25, -0.2) is 0 Å². The van der Waals surface area contributed by atoms with Crippen LogP contribution in [0, 0.1) is 23.2 Å². The molecule has 24 heavy (non-hydrogen) atoms. The number of rotatable bonds is 5. The summed E-state index contributed by atoms with van der Waals surface area (Å²) in [7, 11) is 0. The number of ketones is 2. The summed E-state index contributed by atoms with van der Waals surface area (Å²) in [5, 5.41) is 0. The van der Waals surface area contributed by atoms with Crippen molar-refractivity contribution in [3.05, 3.63) is 29.8 Å². The van der Waals surface area contributed by atoms with Crippen LogP contribution in [0.1, 0.15) is 48.9 Å². The van der Waals surface area contributed by atoms with Gasteiger partial charge in [0.2, 0.25) is 11.6 Å². The summed E-state index contributed by atoms with van der Waals surface area (Å²) in [5.41, 5.74) is -0.207. The van der Waals surface area contributed by atoms with Crippen LogP contribution in [0.2, 0.25) is 0 Å². The maximum atomic E-state index is 13.0. The number of ether oxygens (including phenoxy) is 1. The molecule has 5 heteroatoms. The molecule has 4 saturated carbocycles. The molecule has 0 amide bonds. The van der Waals surface area contributed by atoms with Gasteiger partial charge in [-0.2, -0.15) is 8.78 Å². The van der Waals surface area contributed by atoms with Crippen molar-refractivity contribution in [2.45, 2.75) is 45.1 Å². The number of hydrogen-bond donors (Lipinski definition) is 0. The van der Waals surface area contributed by atoms with Crippen molar-refractivity contribution in [3.8, 4) is 5.75 Å². The number of halogens is 2. The normalized spacial score (nSPS) is 33.7. The summed E-state index contributed by atoms with van der Waals surface area (Å²) in [6.07, 6.45) is 6.16. The first kappa shape index (κ1) is 15.7. The van der Waals surface area contributed by atoms with E-state index < -0.39 is 17.8 Å². The fraction of sp³-hybridized carbons (Fsp3) is 0.579. The topological polar surface area (TPSA) is 43.4 Å². The van der Waals surface area contributed by atoms with Gasteiger partial charge in [0.05, 0.1) is 0 Å². The molecule has 4 aliphatic rings. The molecule has 0 spiro atoms. The summed E-state index contributed by atoms with van der Waals surface area (Å²) in [5.74, 6) is 1.01. The fourth-order valence-electron chi connectivity index (χ4n) is 5.55. The molecule has 128 valence electrons. The van der Waals surface area contributed by atoms with Crippen LogP contribution < -0.4 is 4.74 Å². The predicted molar refractivity (Wildman–Crippen MR) is 83.0 cm³/mol. The number of alkyl halides is 2. The van der Waals surface area contributed by atoms with E-state index in [0.717, 1.165) is 19.3 Å². The second-order valence-electron chi connectivity index (χ2n) is 7.76. The zero-order valence-electron chi connectivity index (χ0n) is 13.3. The zero-order valence-corrected chi connectivity index (χ0v) is 13.3. The molecule has 0 unspecified atom stereocenters. The van der Waals surface area contributed by atoms with E-state index in [4.69, 9.17) is 0 Å². The molecule has 4 bridgehead atoms. The Hall–Kier alpha value is -1.78. The van der Waals surface area contributed by atoms with Crippen LogP contribution in [-0.4, -0.2) is 18.2 Å². The van der Waals surface area contributed by atoms with Gasteiger partial charge in [-0.05, 0) is 80.5 Å². The highest BCUT2D eigenvalue weighted by Gasteiger charge is 2.55. The lowest BCUT2D eigenvalue weighted by molar-refractivity contribution is -0.138. The van der Waals surface area contributed by atoms with Gasteiger partial charge in [-0.3, -0.25) is 9.59 Å². The van der Waals surface area contributed by atoms with E-state index in [1.807, 2.05) is 0 Å². The maximum absolute atomic E-state index is 13.0. The van der Waals surface area contributed by atoms with Gasteiger partial charge in [-0.1, -0.05) is 0 Å². The molecule has 0 aromatic heterocycles. The molecule has 4 aliphatic carbocycles. The number of carbonyl (C=O) groups is 2. The Morgan fingerprint density at radius 1 is 0.958 bits per heavy atom. The van der Waals surface area contributed by atoms with Crippen molar-refractivity contribution in [1.82, 2.24) is 0 Å². The van der Waals surface area contributed by atoms with Gasteiger partial charge in [-0.15, -0.1) is 0 Å². The van der Waals surface area contributed by atoms with Crippen LogP contribution in [0.4, 0.5) is 8.78 Å². The Kier molecular flexibility index (Phi) is 3.70. The van der Waals surface area contributed by atoms with Crippen molar-refractivity contribution in [3.63, 3.8) is 0 Å². The fourth-order valence-corrected chi connectivity index (χ4v) is 5.55. The number of carbonyl (C=O) groups excluding carboxylic acids is 2. The quantitative estimate of drug-likeness (QED) is 0.597. The summed E-state index contributed by atoms with van der Waals surface area (Å²) in [4.78, 5) is 25.6. The maximum Gasteiger partial charge on any atom is 0.387 e. The van der Waals surface area contributed by atoms with Crippen molar-refractivity contribution in [2.75, 3.05) is 0 Å². The molecule has 0 N–H and O–H groups in total. The van der Waals surface area contributed by atoms with E-state index in [0.29, 0.717) is 17.8 Å². The Bertz CT molecular complexity index is 630. The van der Waals surface area contributed by atoms with Crippen LogP contribution in [0.3, 0.4) is 0 Å². The third-order valence-corrected chi connectivity index (χ3v) is 6.07. The molecule has 0 radical (unpaired) electrons. The molecule has 1 aromatic carbocycles. The Labute approximate surface area is 139 Å². The van der Waals surface area contributed by atoms with E-state index >= 15 is 0 Å². The summed E-state index contributed by atoms with van der Waals surface area (Å²) >= 11 is 0. The monoisotopic (exact) mass is 334 g/mol. The number of hydrogen-bond acceptors (Lipinski definition) is 3. The second-order valence-corrected chi connectivity index (χ2v) is 7.76. The average Bonchev–Trinajstić information content (AvgIpc) is 2.52. The Morgan fingerprint density at radius 2 is 1.46 bits per heavy atom. The van der Waals surface area contributed by atoms with Crippen LogP contribution in [0.15, 0.2) is 24.3 Å². The van der Waals surface area contributed by atoms with Crippen molar-refractivity contribution in [2.24, 2.45) is 23.2 Å². The standard InChI is InChI=1S/C19H20F2O3/c20-18(21)24-15-3-1-14(2-4-15)16(22)17(23)19-8-11-5-12(9-19)7-13(6-11)10-19/h1-4,11-13,18H,5-10H2. The van der Waals surface area contributed by atoms with Crippen molar-refractivity contribution >= 4 is 11.6 Å². The minimum absolute atomic E-state index is 0.0104. The molecule has 4 fully saturated rings. The molecular weight excluding hydrogens is 314 g/mol. The lowest BCUT2D eigenvalue weighted by atomic mass is 9.48. The molecule has 0 heterocycles. The van der Waals surface area contributed by atoms with E-state index in [1.54, 1.807) is 0 Å². The third kappa shape index (κ3) is 2.64. The number of Topliss-reactive ketones (excluding diaryl/α,β-unsaturated/α-hetero) is 2. The van der Waals surface area contributed by atoms with Gasteiger partial charge < -0.3 is 4.74 Å². The first-order chi connectivity index (χ1) is 11.4. The molecule has 0 saturated heterocycles. The van der Waals surface area contributed by atoms with Crippen molar-refractivity contribution < 1.29 is 23.1 Å². The van der Waals surface area contributed by atoms with Crippen molar-refractivity contribution in [1.29, 1.82) is 0 Å². The van der Waals surface area contributed by atoms with E-state index in [9.17, 15) is 18.4 Å². The Morgan fingerprint density at radius 3 is 1.92 bits per heavy atom. The molecule has 3 nitrogen and oxygen atoms in total. The SMILES string of the molecule is O=C(C(=O)C12CC3CC(CC(C3)C1)C2)c1ccc(OC(F)F)cc1. The van der Waals surface area contributed by atoms with E-state index in [1.165, 1.54) is 43.5 Å². The highest BCUT2D eigenvalue weighted by molar-refractivity contribution is 6.45. The molecule has 5 rings (SSSR count). The van der Waals surface area contributed by atoms with Gasteiger partial charge >= 0.3 is 6.61 Å². The van der Waals surface area contributed by atoms with Crippen LogP contribution in [-0.2, 0) is 4.79 Å². The van der Waals surface area contributed by atoms with Gasteiger partial charge in [0.15, 0.2) is 0 Å². The third-order valence-electron chi connectivity index (χ3n) is 6.07. The zero-order chi connectivity index (χ0) is 16.9. The highest BCUT2D eigenvalue weighted by Crippen LogP contribution is 2.60. The second kappa shape index (κ2) is 5.64.